The molecule has 0 heterocycles. The van der Waals surface area contributed by atoms with Crippen molar-refractivity contribution in [2.24, 2.45) is 0 Å². The van der Waals surface area contributed by atoms with E-state index >= 15 is 0 Å². The fourth-order valence-corrected chi connectivity index (χ4v) is 2.44. The molecule has 3 aromatic rings. The summed E-state index contributed by atoms with van der Waals surface area (Å²) in [6, 6.07) is 22.9. The highest BCUT2D eigenvalue weighted by atomic mass is 16.4. The van der Waals surface area contributed by atoms with Crippen LogP contribution in [0.25, 0.3) is 0 Å². The van der Waals surface area contributed by atoms with Gasteiger partial charge in [-0.1, -0.05) is 42.5 Å². The van der Waals surface area contributed by atoms with Gasteiger partial charge >= 0.3 is 5.97 Å². The van der Waals surface area contributed by atoms with Crippen LogP contribution in [0.4, 0.5) is 17.1 Å². The van der Waals surface area contributed by atoms with E-state index in [1.807, 2.05) is 42.5 Å². The van der Waals surface area contributed by atoms with Crippen molar-refractivity contribution in [1.29, 1.82) is 0 Å². The van der Waals surface area contributed by atoms with Gasteiger partial charge in [-0.05, 0) is 36.4 Å². The molecule has 3 rings (SSSR count). The predicted molar refractivity (Wildman–Crippen MR) is 97.5 cm³/mol. The van der Waals surface area contributed by atoms with Crippen LogP contribution in [0.2, 0.25) is 0 Å². The van der Waals surface area contributed by atoms with Crippen LogP contribution < -0.4 is 10.6 Å². The first-order chi connectivity index (χ1) is 12.1. The summed E-state index contributed by atoms with van der Waals surface area (Å²) in [5.41, 5.74) is 2.25. The molecule has 0 aliphatic heterocycles. The van der Waals surface area contributed by atoms with Crippen molar-refractivity contribution in [2.75, 3.05) is 10.6 Å². The van der Waals surface area contributed by atoms with Crippen LogP contribution in [0.15, 0.2) is 78.9 Å². The summed E-state index contributed by atoms with van der Waals surface area (Å²) >= 11 is 0. The van der Waals surface area contributed by atoms with Crippen LogP contribution >= 0.6 is 0 Å². The number of anilines is 3. The van der Waals surface area contributed by atoms with Crippen molar-refractivity contribution in [3.63, 3.8) is 0 Å². The number of nitrogens with one attached hydrogen (secondary N) is 2. The number of carboxylic acids is 1. The first-order valence-corrected chi connectivity index (χ1v) is 7.70. The maximum atomic E-state index is 12.5. The molecule has 1 amide bonds. The minimum Gasteiger partial charge on any atom is -0.478 e. The average molecular weight is 332 g/mol. The molecule has 0 unspecified atom stereocenters. The van der Waals surface area contributed by atoms with Crippen molar-refractivity contribution < 1.29 is 14.7 Å². The summed E-state index contributed by atoms with van der Waals surface area (Å²) in [5, 5.41) is 15.3. The second-order valence-electron chi connectivity index (χ2n) is 5.34. The van der Waals surface area contributed by atoms with E-state index in [1.54, 1.807) is 24.3 Å². The zero-order chi connectivity index (χ0) is 17.6. The SMILES string of the molecule is O=C(O)c1ccccc1C(=O)Nc1ccccc1Nc1ccccc1. The van der Waals surface area contributed by atoms with Gasteiger partial charge in [0.15, 0.2) is 0 Å². The van der Waals surface area contributed by atoms with Crippen LogP contribution in [-0.2, 0) is 0 Å². The van der Waals surface area contributed by atoms with Gasteiger partial charge in [-0.3, -0.25) is 4.79 Å². The predicted octanol–water partition coefficient (Wildman–Crippen LogP) is 4.38. The number of aromatic carboxylic acids is 1. The van der Waals surface area contributed by atoms with Crippen LogP contribution in [0.1, 0.15) is 20.7 Å². The average Bonchev–Trinajstić information content (AvgIpc) is 2.64. The smallest absolute Gasteiger partial charge is 0.336 e. The highest BCUT2D eigenvalue weighted by molar-refractivity contribution is 6.11. The molecule has 0 aromatic heterocycles. The third kappa shape index (κ3) is 3.84. The lowest BCUT2D eigenvalue weighted by molar-refractivity contribution is 0.0692. The van der Waals surface area contributed by atoms with Gasteiger partial charge in [-0.25, -0.2) is 4.79 Å². The summed E-state index contributed by atoms with van der Waals surface area (Å²) in [7, 11) is 0. The molecule has 0 aliphatic carbocycles. The van der Waals surface area contributed by atoms with Gasteiger partial charge < -0.3 is 15.7 Å². The summed E-state index contributed by atoms with van der Waals surface area (Å²) in [5.74, 6) is -1.61. The Bertz CT molecular complexity index is 908. The molecule has 0 bridgehead atoms. The Hall–Kier alpha value is -3.60. The summed E-state index contributed by atoms with van der Waals surface area (Å²) in [4.78, 5) is 23.8. The Labute approximate surface area is 144 Å². The van der Waals surface area contributed by atoms with E-state index in [0.717, 1.165) is 11.4 Å². The molecule has 0 radical (unpaired) electrons. The molecule has 3 aromatic carbocycles. The van der Waals surface area contributed by atoms with Crippen LogP contribution in [0.5, 0.6) is 0 Å². The number of carbonyl (C=O) groups excluding carboxylic acids is 1. The largest absolute Gasteiger partial charge is 0.478 e. The monoisotopic (exact) mass is 332 g/mol. The second-order valence-corrected chi connectivity index (χ2v) is 5.34. The minimum absolute atomic E-state index is 0.0338. The highest BCUT2D eigenvalue weighted by Crippen LogP contribution is 2.26. The van der Waals surface area contributed by atoms with E-state index in [2.05, 4.69) is 10.6 Å². The Kier molecular flexibility index (Phi) is 4.76. The van der Waals surface area contributed by atoms with Crippen molar-refractivity contribution in [3.8, 4) is 0 Å². The molecule has 0 atom stereocenters. The number of carbonyl (C=O) groups is 2. The molecule has 0 saturated carbocycles. The van der Waals surface area contributed by atoms with Crippen LogP contribution in [-0.4, -0.2) is 17.0 Å². The number of benzene rings is 3. The van der Waals surface area contributed by atoms with Gasteiger partial charge in [0.1, 0.15) is 0 Å². The molecule has 3 N–H and O–H groups in total. The Morgan fingerprint density at radius 2 is 1.24 bits per heavy atom. The number of amides is 1. The maximum absolute atomic E-state index is 12.5. The van der Waals surface area contributed by atoms with Gasteiger partial charge in [0.2, 0.25) is 0 Å². The van der Waals surface area contributed by atoms with Crippen molar-refractivity contribution in [1.82, 2.24) is 0 Å². The van der Waals surface area contributed by atoms with Gasteiger partial charge in [-0.15, -0.1) is 0 Å². The van der Waals surface area contributed by atoms with Gasteiger partial charge in [0.25, 0.3) is 5.91 Å². The topological polar surface area (TPSA) is 78.4 Å². The van der Waals surface area contributed by atoms with E-state index in [9.17, 15) is 14.7 Å². The summed E-state index contributed by atoms with van der Waals surface area (Å²) in [6.07, 6.45) is 0. The molecular weight excluding hydrogens is 316 g/mol. The molecular formula is C20H16N2O3. The fraction of sp³-hybridized carbons (Fsp3) is 0. The number of para-hydroxylation sites is 3. The van der Waals surface area contributed by atoms with Gasteiger partial charge in [0.05, 0.1) is 22.5 Å². The van der Waals surface area contributed by atoms with E-state index in [0.29, 0.717) is 5.69 Å². The minimum atomic E-state index is -1.14. The van der Waals surface area contributed by atoms with E-state index in [-0.39, 0.29) is 11.1 Å². The highest BCUT2D eigenvalue weighted by Gasteiger charge is 2.16. The van der Waals surface area contributed by atoms with Crippen molar-refractivity contribution >= 4 is 28.9 Å². The van der Waals surface area contributed by atoms with Crippen molar-refractivity contribution in [3.05, 3.63) is 90.0 Å². The molecule has 0 spiro atoms. The molecule has 25 heavy (non-hydrogen) atoms. The third-order valence-corrected chi connectivity index (χ3v) is 3.63. The molecule has 0 saturated heterocycles. The number of hydrogen-bond acceptors (Lipinski definition) is 3. The standard InChI is InChI=1S/C20H16N2O3/c23-19(15-10-4-5-11-16(15)20(24)25)22-18-13-7-6-12-17(18)21-14-8-2-1-3-9-14/h1-13,21H,(H,22,23)(H,24,25). The number of hydrogen-bond donors (Lipinski definition) is 3. The molecule has 0 aliphatic rings. The van der Waals surface area contributed by atoms with E-state index < -0.39 is 11.9 Å². The lowest BCUT2D eigenvalue weighted by Gasteiger charge is -2.14. The van der Waals surface area contributed by atoms with Crippen LogP contribution in [0, 0.1) is 0 Å². The van der Waals surface area contributed by atoms with Crippen LogP contribution in [0.3, 0.4) is 0 Å². The third-order valence-electron chi connectivity index (χ3n) is 3.63. The second kappa shape index (κ2) is 7.31. The first-order valence-electron chi connectivity index (χ1n) is 7.70. The lowest BCUT2D eigenvalue weighted by atomic mass is 10.1. The van der Waals surface area contributed by atoms with Gasteiger partial charge in [0, 0.05) is 5.69 Å². The normalized spacial score (nSPS) is 10.1. The van der Waals surface area contributed by atoms with Gasteiger partial charge in [-0.2, -0.15) is 0 Å². The first kappa shape index (κ1) is 16.3. The van der Waals surface area contributed by atoms with E-state index in [1.165, 1.54) is 12.1 Å². The zero-order valence-corrected chi connectivity index (χ0v) is 13.3. The number of carboxylic acid groups (broad SMARTS) is 1. The lowest BCUT2D eigenvalue weighted by Crippen LogP contribution is -2.17. The quantitative estimate of drug-likeness (QED) is 0.648. The summed E-state index contributed by atoms with van der Waals surface area (Å²) in [6.45, 7) is 0. The Morgan fingerprint density at radius 3 is 1.92 bits per heavy atom. The Balaban J connectivity index is 1.86. The summed E-state index contributed by atoms with van der Waals surface area (Å²) < 4.78 is 0. The van der Waals surface area contributed by atoms with E-state index in [4.69, 9.17) is 0 Å². The van der Waals surface area contributed by atoms with Crippen molar-refractivity contribution in [2.45, 2.75) is 0 Å². The number of rotatable bonds is 5. The maximum Gasteiger partial charge on any atom is 0.336 e. The molecule has 5 nitrogen and oxygen atoms in total. The molecule has 5 heteroatoms. The fourth-order valence-electron chi connectivity index (χ4n) is 2.44. The molecule has 0 fully saturated rings. The zero-order valence-electron chi connectivity index (χ0n) is 13.3. The Morgan fingerprint density at radius 1 is 0.680 bits per heavy atom. The molecule has 124 valence electrons.